The van der Waals surface area contributed by atoms with Gasteiger partial charge in [0.2, 0.25) is 0 Å². The number of hydrogen-bond donors (Lipinski definition) is 0. The van der Waals surface area contributed by atoms with Gasteiger partial charge in [-0.15, -0.1) is 0 Å². The molecular formula is C14H13N5O. The van der Waals surface area contributed by atoms with E-state index in [-0.39, 0.29) is 0 Å². The third-order valence-corrected chi connectivity index (χ3v) is 2.83. The molecule has 0 aliphatic heterocycles. The number of aromatic nitrogens is 5. The zero-order valence-electron chi connectivity index (χ0n) is 11.0. The average molecular weight is 267 g/mol. The molecule has 6 nitrogen and oxygen atoms in total. The van der Waals surface area contributed by atoms with Crippen molar-refractivity contribution in [2.75, 3.05) is 0 Å². The average Bonchev–Trinajstić information content (AvgIpc) is 2.92. The lowest BCUT2D eigenvalue weighted by molar-refractivity contribution is 0.294. The zero-order chi connectivity index (χ0) is 13.8. The van der Waals surface area contributed by atoms with E-state index in [1.807, 2.05) is 29.8 Å². The van der Waals surface area contributed by atoms with Crippen molar-refractivity contribution >= 4 is 0 Å². The minimum atomic E-state index is 0.433. The number of imidazole rings is 1. The summed E-state index contributed by atoms with van der Waals surface area (Å²) in [5.74, 6) is 1.20. The highest BCUT2D eigenvalue weighted by molar-refractivity contribution is 5.48. The van der Waals surface area contributed by atoms with E-state index in [0.717, 1.165) is 11.4 Å². The van der Waals surface area contributed by atoms with Crippen LogP contribution < -0.4 is 4.74 Å². The summed E-state index contributed by atoms with van der Waals surface area (Å²) in [5, 5.41) is 0. The van der Waals surface area contributed by atoms with Crippen LogP contribution in [0.2, 0.25) is 0 Å². The largest absolute Gasteiger partial charge is 0.484 e. The lowest BCUT2D eigenvalue weighted by Gasteiger charge is -2.06. The third-order valence-electron chi connectivity index (χ3n) is 2.83. The fraction of sp³-hybridized carbons (Fsp3) is 0.143. The first-order valence-electron chi connectivity index (χ1n) is 6.14. The van der Waals surface area contributed by atoms with Gasteiger partial charge < -0.3 is 9.30 Å². The van der Waals surface area contributed by atoms with Crippen LogP contribution in [0, 0.1) is 0 Å². The van der Waals surface area contributed by atoms with Crippen LogP contribution in [0.1, 0.15) is 5.69 Å². The smallest absolute Gasteiger partial charge is 0.178 e. The molecule has 0 fully saturated rings. The minimum Gasteiger partial charge on any atom is -0.484 e. The molecule has 0 spiro atoms. The van der Waals surface area contributed by atoms with Crippen LogP contribution in [0.4, 0.5) is 0 Å². The number of pyridine rings is 1. The Morgan fingerprint density at radius 3 is 2.60 bits per heavy atom. The number of ether oxygens (including phenoxy) is 1. The van der Waals surface area contributed by atoms with Gasteiger partial charge in [0.25, 0.3) is 0 Å². The molecule has 100 valence electrons. The number of rotatable bonds is 4. The standard InChI is InChI=1S/C14H13N5O/c1-19-10-15-6-11(19)9-20-12-7-17-14(18-8-12)13-4-2-3-5-16-13/h2-8,10H,9H2,1H3. The highest BCUT2D eigenvalue weighted by Gasteiger charge is 2.04. The van der Waals surface area contributed by atoms with Gasteiger partial charge in [-0.25, -0.2) is 15.0 Å². The first-order chi connectivity index (χ1) is 9.83. The van der Waals surface area contributed by atoms with E-state index in [2.05, 4.69) is 19.9 Å². The molecule has 0 aliphatic carbocycles. The van der Waals surface area contributed by atoms with E-state index in [1.165, 1.54) is 0 Å². The van der Waals surface area contributed by atoms with E-state index in [0.29, 0.717) is 18.2 Å². The molecule has 3 aromatic heterocycles. The summed E-state index contributed by atoms with van der Waals surface area (Å²) in [6, 6.07) is 5.62. The molecule has 0 saturated heterocycles. The van der Waals surface area contributed by atoms with E-state index in [4.69, 9.17) is 4.74 Å². The first-order valence-corrected chi connectivity index (χ1v) is 6.14. The van der Waals surface area contributed by atoms with Crippen molar-refractivity contribution in [3.63, 3.8) is 0 Å². The van der Waals surface area contributed by atoms with Gasteiger partial charge >= 0.3 is 0 Å². The predicted molar refractivity (Wildman–Crippen MR) is 72.8 cm³/mol. The molecule has 0 atom stereocenters. The van der Waals surface area contributed by atoms with Crippen LogP contribution in [0.5, 0.6) is 5.75 Å². The molecule has 3 heterocycles. The Hall–Kier alpha value is -2.76. The van der Waals surface area contributed by atoms with Gasteiger partial charge in [0.05, 0.1) is 30.6 Å². The highest BCUT2D eigenvalue weighted by Crippen LogP contribution is 2.14. The molecule has 0 radical (unpaired) electrons. The van der Waals surface area contributed by atoms with Crippen molar-refractivity contribution in [3.05, 3.63) is 55.0 Å². The normalized spacial score (nSPS) is 10.4. The maximum Gasteiger partial charge on any atom is 0.178 e. The van der Waals surface area contributed by atoms with Crippen molar-refractivity contribution < 1.29 is 4.74 Å². The van der Waals surface area contributed by atoms with Gasteiger partial charge in [-0.3, -0.25) is 4.98 Å². The van der Waals surface area contributed by atoms with Crippen molar-refractivity contribution in [1.29, 1.82) is 0 Å². The maximum absolute atomic E-state index is 5.62. The highest BCUT2D eigenvalue weighted by atomic mass is 16.5. The van der Waals surface area contributed by atoms with Crippen LogP contribution in [0.3, 0.4) is 0 Å². The maximum atomic E-state index is 5.62. The Labute approximate surface area is 116 Å². The van der Waals surface area contributed by atoms with Gasteiger partial charge in [0.1, 0.15) is 12.3 Å². The molecule has 0 N–H and O–H groups in total. The molecule has 3 rings (SSSR count). The fourth-order valence-electron chi connectivity index (χ4n) is 1.70. The summed E-state index contributed by atoms with van der Waals surface area (Å²) in [7, 11) is 1.92. The Bertz CT molecular complexity index is 678. The van der Waals surface area contributed by atoms with Crippen LogP contribution in [-0.4, -0.2) is 24.5 Å². The summed E-state index contributed by atoms with van der Waals surface area (Å²) in [6.45, 7) is 0.433. The molecule has 0 saturated carbocycles. The monoisotopic (exact) mass is 267 g/mol. The molecule has 3 aromatic rings. The summed E-state index contributed by atoms with van der Waals surface area (Å²) in [6.07, 6.45) is 8.51. The molecule has 20 heavy (non-hydrogen) atoms. The SMILES string of the molecule is Cn1cncc1COc1cnc(-c2ccccn2)nc1. The van der Waals surface area contributed by atoms with Crippen LogP contribution in [-0.2, 0) is 13.7 Å². The lowest BCUT2D eigenvalue weighted by Crippen LogP contribution is -2.02. The third kappa shape index (κ3) is 2.64. The first kappa shape index (κ1) is 12.3. The Morgan fingerprint density at radius 1 is 1.10 bits per heavy atom. The summed E-state index contributed by atoms with van der Waals surface area (Å²) in [4.78, 5) is 16.7. The second-order valence-electron chi connectivity index (χ2n) is 4.24. The van der Waals surface area contributed by atoms with Crippen molar-refractivity contribution in [2.45, 2.75) is 6.61 Å². The quantitative estimate of drug-likeness (QED) is 0.721. The second kappa shape index (κ2) is 5.48. The Kier molecular flexibility index (Phi) is 3.36. The van der Waals surface area contributed by atoms with Crippen LogP contribution in [0.25, 0.3) is 11.5 Å². The summed E-state index contributed by atoms with van der Waals surface area (Å²) < 4.78 is 7.52. The second-order valence-corrected chi connectivity index (χ2v) is 4.24. The Morgan fingerprint density at radius 2 is 1.95 bits per heavy atom. The van der Waals surface area contributed by atoms with Crippen molar-refractivity contribution in [2.24, 2.45) is 7.05 Å². The van der Waals surface area contributed by atoms with Crippen LogP contribution in [0.15, 0.2) is 49.3 Å². The molecule has 6 heteroatoms. The van der Waals surface area contributed by atoms with E-state index in [9.17, 15) is 0 Å². The van der Waals surface area contributed by atoms with Crippen molar-refractivity contribution in [3.8, 4) is 17.3 Å². The minimum absolute atomic E-state index is 0.433. The molecule has 0 aliphatic rings. The lowest BCUT2D eigenvalue weighted by atomic mass is 10.3. The zero-order valence-corrected chi connectivity index (χ0v) is 11.0. The molecule has 0 bridgehead atoms. The van der Waals surface area contributed by atoms with Gasteiger partial charge in [-0.05, 0) is 12.1 Å². The number of hydrogen-bond acceptors (Lipinski definition) is 5. The number of nitrogens with zero attached hydrogens (tertiary/aromatic N) is 5. The molecule has 0 amide bonds. The van der Waals surface area contributed by atoms with Crippen molar-refractivity contribution in [1.82, 2.24) is 24.5 Å². The Balaban J connectivity index is 1.69. The predicted octanol–water partition coefficient (Wildman–Crippen LogP) is 1.85. The van der Waals surface area contributed by atoms with E-state index >= 15 is 0 Å². The topological polar surface area (TPSA) is 65.7 Å². The van der Waals surface area contributed by atoms with Gasteiger partial charge in [0, 0.05) is 13.2 Å². The van der Waals surface area contributed by atoms with Gasteiger partial charge in [-0.1, -0.05) is 6.07 Å². The van der Waals surface area contributed by atoms with E-state index < -0.39 is 0 Å². The van der Waals surface area contributed by atoms with Gasteiger partial charge in [-0.2, -0.15) is 0 Å². The fourth-order valence-corrected chi connectivity index (χ4v) is 1.70. The van der Waals surface area contributed by atoms with Gasteiger partial charge in [0.15, 0.2) is 11.6 Å². The summed E-state index contributed by atoms with van der Waals surface area (Å²) >= 11 is 0. The number of aryl methyl sites for hydroxylation is 1. The molecule has 0 unspecified atom stereocenters. The summed E-state index contributed by atoms with van der Waals surface area (Å²) in [5.41, 5.74) is 1.73. The molecular weight excluding hydrogens is 254 g/mol. The van der Waals surface area contributed by atoms with Crippen LogP contribution >= 0.6 is 0 Å². The molecule has 0 aromatic carbocycles. The van der Waals surface area contributed by atoms with E-state index in [1.54, 1.807) is 31.1 Å².